The highest BCUT2D eigenvalue weighted by molar-refractivity contribution is 6.08. The summed E-state index contributed by atoms with van der Waals surface area (Å²) >= 11 is 0. The standard InChI is InChI=1S/C14H15FSi/c1-10-2-5-13(8-14(10)15)12-6-3-11(9-16)4-7-12/h2-8H,9H2,1,16H3. The zero-order valence-electron chi connectivity index (χ0n) is 9.63. The van der Waals surface area contributed by atoms with Crippen LogP contribution in [0.2, 0.25) is 0 Å². The molecule has 0 saturated carbocycles. The molecule has 2 aromatic rings. The summed E-state index contributed by atoms with van der Waals surface area (Å²) in [4.78, 5) is 0. The minimum absolute atomic E-state index is 0.135. The molecule has 0 radical (unpaired) electrons. The van der Waals surface area contributed by atoms with Crippen LogP contribution >= 0.6 is 0 Å². The lowest BCUT2D eigenvalue weighted by Gasteiger charge is -2.04. The van der Waals surface area contributed by atoms with E-state index in [-0.39, 0.29) is 5.82 Å². The topological polar surface area (TPSA) is 0 Å². The van der Waals surface area contributed by atoms with E-state index in [9.17, 15) is 4.39 Å². The van der Waals surface area contributed by atoms with Gasteiger partial charge in [-0.05, 0) is 35.7 Å². The van der Waals surface area contributed by atoms with Gasteiger partial charge >= 0.3 is 0 Å². The van der Waals surface area contributed by atoms with Crippen LogP contribution < -0.4 is 0 Å². The van der Waals surface area contributed by atoms with Crippen LogP contribution in [-0.4, -0.2) is 10.2 Å². The number of halogens is 1. The molecule has 0 atom stereocenters. The number of rotatable bonds is 2. The Labute approximate surface area is 98.6 Å². The molecule has 0 unspecified atom stereocenters. The lowest BCUT2D eigenvalue weighted by molar-refractivity contribution is 0.619. The maximum absolute atomic E-state index is 13.4. The molecule has 0 heterocycles. The summed E-state index contributed by atoms with van der Waals surface area (Å²) in [5.74, 6) is -0.135. The summed E-state index contributed by atoms with van der Waals surface area (Å²) in [5.41, 5.74) is 4.09. The van der Waals surface area contributed by atoms with Gasteiger partial charge in [0, 0.05) is 10.2 Å². The van der Waals surface area contributed by atoms with Crippen molar-refractivity contribution in [2.24, 2.45) is 0 Å². The normalized spacial score (nSPS) is 10.6. The van der Waals surface area contributed by atoms with Crippen LogP contribution in [0.4, 0.5) is 4.39 Å². The van der Waals surface area contributed by atoms with Gasteiger partial charge in [0.25, 0.3) is 0 Å². The van der Waals surface area contributed by atoms with Crippen LogP contribution in [-0.2, 0) is 6.04 Å². The molecular formula is C14H15FSi. The van der Waals surface area contributed by atoms with Crippen molar-refractivity contribution in [2.75, 3.05) is 0 Å². The van der Waals surface area contributed by atoms with Crippen LogP contribution in [0.5, 0.6) is 0 Å². The van der Waals surface area contributed by atoms with Crippen molar-refractivity contribution >= 4 is 10.2 Å². The van der Waals surface area contributed by atoms with Gasteiger partial charge in [0.2, 0.25) is 0 Å². The van der Waals surface area contributed by atoms with Crippen molar-refractivity contribution in [3.8, 4) is 11.1 Å². The quantitative estimate of drug-likeness (QED) is 0.696. The first-order chi connectivity index (χ1) is 7.70. The molecule has 2 aromatic carbocycles. The molecule has 2 rings (SSSR count). The second-order valence-electron chi connectivity index (χ2n) is 4.01. The van der Waals surface area contributed by atoms with Crippen molar-refractivity contribution in [1.29, 1.82) is 0 Å². The second kappa shape index (κ2) is 4.62. The van der Waals surface area contributed by atoms with Crippen LogP contribution in [0.15, 0.2) is 42.5 Å². The molecule has 0 fully saturated rings. The van der Waals surface area contributed by atoms with E-state index < -0.39 is 0 Å². The molecule has 82 valence electrons. The lowest BCUT2D eigenvalue weighted by Crippen LogP contribution is -1.86. The first-order valence-electron chi connectivity index (χ1n) is 5.56. The molecule has 0 aliphatic rings. The van der Waals surface area contributed by atoms with Crippen molar-refractivity contribution < 1.29 is 4.39 Å². The third-order valence-electron chi connectivity index (χ3n) is 2.87. The second-order valence-corrected chi connectivity index (χ2v) is 4.72. The monoisotopic (exact) mass is 230 g/mol. The van der Waals surface area contributed by atoms with Crippen molar-refractivity contribution in [3.63, 3.8) is 0 Å². The Morgan fingerprint density at radius 2 is 1.62 bits per heavy atom. The predicted molar refractivity (Wildman–Crippen MR) is 70.2 cm³/mol. The van der Waals surface area contributed by atoms with Gasteiger partial charge in [-0.1, -0.05) is 42.0 Å². The Kier molecular flexibility index (Phi) is 3.20. The summed E-state index contributed by atoms with van der Waals surface area (Å²) in [5, 5.41) is 0. The zero-order chi connectivity index (χ0) is 11.5. The average molecular weight is 230 g/mol. The SMILES string of the molecule is Cc1ccc(-c2ccc(C[SiH3])cc2)cc1F. The van der Waals surface area contributed by atoms with Gasteiger partial charge in [0.15, 0.2) is 0 Å². The highest BCUT2D eigenvalue weighted by Gasteiger charge is 2.01. The molecule has 0 aliphatic heterocycles. The maximum atomic E-state index is 13.4. The van der Waals surface area contributed by atoms with Gasteiger partial charge in [-0.3, -0.25) is 0 Å². The Morgan fingerprint density at radius 1 is 1.00 bits per heavy atom. The van der Waals surface area contributed by atoms with Crippen molar-refractivity contribution in [3.05, 3.63) is 59.4 Å². The molecule has 0 aromatic heterocycles. The van der Waals surface area contributed by atoms with Gasteiger partial charge in [-0.25, -0.2) is 4.39 Å². The summed E-state index contributed by atoms with van der Waals surface area (Å²) in [7, 11) is 1.18. The molecule has 0 spiro atoms. The van der Waals surface area contributed by atoms with E-state index in [0.717, 1.165) is 11.1 Å². The zero-order valence-corrected chi connectivity index (χ0v) is 11.6. The van der Waals surface area contributed by atoms with E-state index in [4.69, 9.17) is 0 Å². The van der Waals surface area contributed by atoms with Crippen molar-refractivity contribution in [1.82, 2.24) is 0 Å². The van der Waals surface area contributed by atoms with Gasteiger partial charge in [0.05, 0.1) is 0 Å². The molecule has 2 heteroatoms. The van der Waals surface area contributed by atoms with Crippen LogP contribution in [0, 0.1) is 12.7 Å². The Balaban J connectivity index is 2.38. The Morgan fingerprint density at radius 3 is 2.19 bits per heavy atom. The fourth-order valence-corrected chi connectivity index (χ4v) is 2.18. The summed E-state index contributed by atoms with van der Waals surface area (Å²) in [6.45, 7) is 1.78. The van der Waals surface area contributed by atoms with E-state index in [1.54, 1.807) is 13.0 Å². The Bertz CT molecular complexity index is 489. The van der Waals surface area contributed by atoms with Crippen LogP contribution in [0.25, 0.3) is 11.1 Å². The summed E-state index contributed by atoms with van der Waals surface area (Å²) < 4.78 is 13.4. The fraction of sp³-hybridized carbons (Fsp3) is 0.143. The highest BCUT2D eigenvalue weighted by Crippen LogP contribution is 2.22. The molecule has 0 amide bonds. The minimum Gasteiger partial charge on any atom is -0.207 e. The van der Waals surface area contributed by atoms with E-state index in [0.29, 0.717) is 5.56 Å². The predicted octanol–water partition coefficient (Wildman–Crippen LogP) is 2.67. The van der Waals surface area contributed by atoms with Gasteiger partial charge in [-0.15, -0.1) is 0 Å². The maximum Gasteiger partial charge on any atom is 0.126 e. The smallest absolute Gasteiger partial charge is 0.126 e. The van der Waals surface area contributed by atoms with E-state index in [1.165, 1.54) is 21.9 Å². The van der Waals surface area contributed by atoms with Gasteiger partial charge in [-0.2, -0.15) is 0 Å². The lowest BCUT2D eigenvalue weighted by atomic mass is 10.0. The van der Waals surface area contributed by atoms with E-state index >= 15 is 0 Å². The highest BCUT2D eigenvalue weighted by atomic mass is 28.1. The third-order valence-corrected chi connectivity index (χ3v) is 3.68. The molecule has 0 nitrogen and oxygen atoms in total. The number of benzene rings is 2. The van der Waals surface area contributed by atoms with Crippen molar-refractivity contribution in [2.45, 2.75) is 13.0 Å². The van der Waals surface area contributed by atoms with Gasteiger partial charge < -0.3 is 0 Å². The minimum atomic E-state index is -0.135. The molecule has 0 bridgehead atoms. The van der Waals surface area contributed by atoms with Gasteiger partial charge in [0.1, 0.15) is 5.82 Å². The number of aryl methyl sites for hydroxylation is 1. The van der Waals surface area contributed by atoms with Crippen LogP contribution in [0.3, 0.4) is 0 Å². The summed E-state index contributed by atoms with van der Waals surface area (Å²) in [6.07, 6.45) is 0. The Hall–Kier alpha value is -1.41. The molecular weight excluding hydrogens is 215 g/mol. The molecule has 0 N–H and O–H groups in total. The fourth-order valence-electron chi connectivity index (χ4n) is 1.71. The third kappa shape index (κ3) is 2.22. The van der Waals surface area contributed by atoms with E-state index in [2.05, 4.69) is 24.3 Å². The first-order valence-corrected chi connectivity index (χ1v) is 6.97. The molecule has 16 heavy (non-hydrogen) atoms. The first kappa shape index (κ1) is 11.1. The number of hydrogen-bond donors (Lipinski definition) is 0. The van der Waals surface area contributed by atoms with Crippen LogP contribution in [0.1, 0.15) is 11.1 Å². The molecule has 0 aliphatic carbocycles. The summed E-state index contributed by atoms with van der Waals surface area (Å²) in [6, 6.07) is 14.9. The molecule has 0 saturated heterocycles. The van der Waals surface area contributed by atoms with E-state index in [1.807, 2.05) is 12.1 Å². The largest absolute Gasteiger partial charge is 0.207 e. The number of hydrogen-bond acceptors (Lipinski definition) is 0. The average Bonchev–Trinajstić information content (AvgIpc) is 2.33.